The summed E-state index contributed by atoms with van der Waals surface area (Å²) in [6.45, 7) is 4.00. The molecule has 110 valence electrons. The maximum atomic E-state index is 6.27. The number of fused-ring (bicyclic) bond motifs is 1. The molecule has 0 aromatic heterocycles. The van der Waals surface area contributed by atoms with Gasteiger partial charge in [0.15, 0.2) is 0 Å². The third-order valence-corrected chi connectivity index (χ3v) is 5.88. The van der Waals surface area contributed by atoms with Crippen molar-refractivity contribution >= 4 is 23.4 Å². The molecule has 2 heterocycles. The Hall–Kier alpha value is -0.380. The minimum absolute atomic E-state index is 0.527. The SMILES string of the molecule is CCNC(Cc1cc(Cl)cc2c1OCC2)C1CCCS1. The van der Waals surface area contributed by atoms with E-state index in [-0.39, 0.29) is 0 Å². The summed E-state index contributed by atoms with van der Waals surface area (Å²) in [4.78, 5) is 0. The van der Waals surface area contributed by atoms with E-state index in [0.29, 0.717) is 6.04 Å². The molecular formula is C16H22ClNOS. The van der Waals surface area contributed by atoms with Gasteiger partial charge in [-0.3, -0.25) is 0 Å². The number of rotatable bonds is 5. The van der Waals surface area contributed by atoms with Crippen LogP contribution < -0.4 is 10.1 Å². The fourth-order valence-electron chi connectivity index (χ4n) is 3.25. The number of halogens is 1. The number of likely N-dealkylation sites (N-methyl/N-ethyl adjacent to an activating group) is 1. The average molecular weight is 312 g/mol. The Bertz CT molecular complexity index is 474. The van der Waals surface area contributed by atoms with Gasteiger partial charge in [-0.1, -0.05) is 18.5 Å². The second kappa shape index (κ2) is 6.59. The van der Waals surface area contributed by atoms with Crippen LogP contribution in [-0.4, -0.2) is 30.2 Å². The molecule has 2 unspecified atom stereocenters. The first kappa shape index (κ1) is 14.6. The van der Waals surface area contributed by atoms with Gasteiger partial charge in [0.1, 0.15) is 5.75 Å². The van der Waals surface area contributed by atoms with E-state index in [1.807, 2.05) is 0 Å². The molecule has 0 aliphatic carbocycles. The summed E-state index contributed by atoms with van der Waals surface area (Å²) < 4.78 is 5.83. The van der Waals surface area contributed by atoms with E-state index in [0.717, 1.165) is 42.0 Å². The third kappa shape index (κ3) is 3.10. The fourth-order valence-corrected chi connectivity index (χ4v) is 4.91. The highest BCUT2D eigenvalue weighted by atomic mass is 35.5. The first-order valence-electron chi connectivity index (χ1n) is 7.57. The minimum atomic E-state index is 0.527. The zero-order chi connectivity index (χ0) is 13.9. The lowest BCUT2D eigenvalue weighted by molar-refractivity contribution is 0.351. The summed E-state index contributed by atoms with van der Waals surface area (Å²) in [5.74, 6) is 2.40. The molecule has 2 aliphatic heterocycles. The molecule has 0 radical (unpaired) electrons. The summed E-state index contributed by atoms with van der Waals surface area (Å²) in [5.41, 5.74) is 2.56. The fraction of sp³-hybridized carbons (Fsp3) is 0.625. The largest absolute Gasteiger partial charge is 0.493 e. The minimum Gasteiger partial charge on any atom is -0.493 e. The molecule has 1 N–H and O–H groups in total. The Morgan fingerprint density at radius 2 is 2.40 bits per heavy atom. The molecule has 1 aromatic carbocycles. The maximum Gasteiger partial charge on any atom is 0.125 e. The molecule has 1 fully saturated rings. The zero-order valence-corrected chi connectivity index (χ0v) is 13.5. The first-order valence-corrected chi connectivity index (χ1v) is 8.99. The lowest BCUT2D eigenvalue weighted by Gasteiger charge is -2.24. The van der Waals surface area contributed by atoms with Gasteiger partial charge in [0.2, 0.25) is 0 Å². The first-order chi connectivity index (χ1) is 9.78. The van der Waals surface area contributed by atoms with Gasteiger partial charge in [-0.2, -0.15) is 11.8 Å². The van der Waals surface area contributed by atoms with Crippen molar-refractivity contribution in [2.45, 2.75) is 43.9 Å². The van der Waals surface area contributed by atoms with Crippen molar-refractivity contribution in [2.75, 3.05) is 18.9 Å². The van der Waals surface area contributed by atoms with Gasteiger partial charge >= 0.3 is 0 Å². The van der Waals surface area contributed by atoms with E-state index in [2.05, 4.69) is 36.1 Å². The monoisotopic (exact) mass is 311 g/mol. The molecular weight excluding hydrogens is 290 g/mol. The van der Waals surface area contributed by atoms with Crippen LogP contribution >= 0.6 is 23.4 Å². The van der Waals surface area contributed by atoms with Crippen LogP contribution in [0.1, 0.15) is 30.9 Å². The predicted octanol–water partition coefficient (Wildman–Crippen LogP) is 3.69. The quantitative estimate of drug-likeness (QED) is 0.896. The molecule has 1 aromatic rings. The number of hydrogen-bond donors (Lipinski definition) is 1. The molecule has 0 amide bonds. The van der Waals surface area contributed by atoms with Crippen molar-refractivity contribution in [3.8, 4) is 5.75 Å². The van der Waals surface area contributed by atoms with E-state index in [1.54, 1.807) is 0 Å². The van der Waals surface area contributed by atoms with Crippen molar-refractivity contribution in [3.05, 3.63) is 28.3 Å². The van der Waals surface area contributed by atoms with E-state index in [1.165, 1.54) is 29.7 Å². The van der Waals surface area contributed by atoms with E-state index in [4.69, 9.17) is 16.3 Å². The van der Waals surface area contributed by atoms with Crippen molar-refractivity contribution in [3.63, 3.8) is 0 Å². The summed E-state index contributed by atoms with van der Waals surface area (Å²) in [6, 6.07) is 4.68. The van der Waals surface area contributed by atoms with Crippen LogP contribution in [0.15, 0.2) is 12.1 Å². The van der Waals surface area contributed by atoms with Crippen LogP contribution in [0.5, 0.6) is 5.75 Å². The van der Waals surface area contributed by atoms with Gasteiger partial charge in [-0.15, -0.1) is 0 Å². The summed E-state index contributed by atoms with van der Waals surface area (Å²) in [5, 5.41) is 5.24. The number of hydrogen-bond acceptors (Lipinski definition) is 3. The second-order valence-corrected chi connectivity index (χ2v) is 7.35. The van der Waals surface area contributed by atoms with Gasteiger partial charge in [0.05, 0.1) is 6.61 Å². The maximum absolute atomic E-state index is 6.27. The Labute approximate surface area is 130 Å². The molecule has 0 spiro atoms. The topological polar surface area (TPSA) is 21.3 Å². The molecule has 0 bridgehead atoms. The highest BCUT2D eigenvalue weighted by Gasteiger charge is 2.27. The van der Waals surface area contributed by atoms with Crippen LogP contribution in [0.3, 0.4) is 0 Å². The third-order valence-electron chi connectivity index (χ3n) is 4.15. The van der Waals surface area contributed by atoms with Crippen LogP contribution in [0, 0.1) is 0 Å². The highest BCUT2D eigenvalue weighted by molar-refractivity contribution is 8.00. The smallest absolute Gasteiger partial charge is 0.125 e. The predicted molar refractivity (Wildman–Crippen MR) is 87.3 cm³/mol. The van der Waals surface area contributed by atoms with E-state index >= 15 is 0 Å². The average Bonchev–Trinajstić information content (AvgIpc) is 3.08. The second-order valence-electron chi connectivity index (χ2n) is 5.57. The Kier molecular flexibility index (Phi) is 4.79. The lowest BCUT2D eigenvalue weighted by Crippen LogP contribution is -2.39. The number of ether oxygens (including phenoxy) is 1. The number of nitrogens with one attached hydrogen (secondary N) is 1. The summed E-state index contributed by atoms with van der Waals surface area (Å²) in [6.07, 6.45) is 4.69. The van der Waals surface area contributed by atoms with E-state index < -0.39 is 0 Å². The van der Waals surface area contributed by atoms with Crippen LogP contribution in [0.25, 0.3) is 0 Å². The lowest BCUT2D eigenvalue weighted by atomic mass is 9.98. The van der Waals surface area contributed by atoms with Crippen LogP contribution in [-0.2, 0) is 12.8 Å². The van der Waals surface area contributed by atoms with Gasteiger partial charge in [0, 0.05) is 22.7 Å². The van der Waals surface area contributed by atoms with Gasteiger partial charge in [0.25, 0.3) is 0 Å². The molecule has 2 nitrogen and oxygen atoms in total. The van der Waals surface area contributed by atoms with Crippen LogP contribution in [0.4, 0.5) is 0 Å². The van der Waals surface area contributed by atoms with Crippen molar-refractivity contribution < 1.29 is 4.74 Å². The van der Waals surface area contributed by atoms with Crippen molar-refractivity contribution in [1.82, 2.24) is 5.32 Å². The zero-order valence-electron chi connectivity index (χ0n) is 12.0. The number of benzene rings is 1. The van der Waals surface area contributed by atoms with Gasteiger partial charge < -0.3 is 10.1 Å². The standard InChI is InChI=1S/C16H22ClNOS/c1-2-18-14(15-4-3-7-20-15)10-12-9-13(17)8-11-5-6-19-16(11)12/h8-9,14-15,18H,2-7,10H2,1H3. The number of thioether (sulfide) groups is 1. The summed E-state index contributed by atoms with van der Waals surface area (Å²) in [7, 11) is 0. The molecule has 2 atom stereocenters. The Morgan fingerprint density at radius 3 is 3.15 bits per heavy atom. The molecule has 1 saturated heterocycles. The molecule has 2 aliphatic rings. The molecule has 0 saturated carbocycles. The van der Waals surface area contributed by atoms with E-state index in [9.17, 15) is 0 Å². The van der Waals surface area contributed by atoms with Crippen molar-refractivity contribution in [2.24, 2.45) is 0 Å². The van der Waals surface area contributed by atoms with Crippen LogP contribution in [0.2, 0.25) is 5.02 Å². The van der Waals surface area contributed by atoms with Gasteiger partial charge in [-0.25, -0.2) is 0 Å². The highest BCUT2D eigenvalue weighted by Crippen LogP contribution is 2.36. The normalized spacial score (nSPS) is 22.6. The molecule has 4 heteroatoms. The Balaban J connectivity index is 1.81. The molecule has 20 heavy (non-hydrogen) atoms. The van der Waals surface area contributed by atoms with Crippen molar-refractivity contribution in [1.29, 1.82) is 0 Å². The Morgan fingerprint density at radius 1 is 1.50 bits per heavy atom. The molecule has 3 rings (SSSR count). The summed E-state index contributed by atoms with van der Waals surface area (Å²) >= 11 is 8.38. The van der Waals surface area contributed by atoms with Gasteiger partial charge in [-0.05, 0) is 54.8 Å².